The lowest BCUT2D eigenvalue weighted by Gasteiger charge is -2.45. The molecule has 6 heteroatoms. The average molecular weight is 277 g/mol. The molecule has 0 radical (unpaired) electrons. The minimum Gasteiger partial charge on any atom is -0.465 e. The van der Waals surface area contributed by atoms with Gasteiger partial charge in [0.2, 0.25) is 0 Å². The van der Waals surface area contributed by atoms with Gasteiger partial charge in [0.05, 0.1) is 25.3 Å². The second kappa shape index (κ2) is 4.79. The molecule has 0 aliphatic carbocycles. The summed E-state index contributed by atoms with van der Waals surface area (Å²) in [6, 6.07) is 8.78. The van der Waals surface area contributed by atoms with Crippen molar-refractivity contribution in [3.63, 3.8) is 0 Å². The molecule has 2 fully saturated rings. The predicted octanol–water partition coefficient (Wildman–Crippen LogP) is 1.36. The van der Waals surface area contributed by atoms with E-state index in [0.717, 1.165) is 0 Å². The van der Waals surface area contributed by atoms with Crippen LogP contribution in [0.3, 0.4) is 0 Å². The normalized spacial score (nSPS) is 23.4. The second-order valence-corrected chi connectivity index (χ2v) is 5.23. The van der Waals surface area contributed by atoms with Crippen molar-refractivity contribution in [1.29, 1.82) is 0 Å². The molecular weight excluding hydrogens is 262 g/mol. The molecular formula is C14H15NO5. The van der Waals surface area contributed by atoms with Gasteiger partial charge in [0.15, 0.2) is 0 Å². The Morgan fingerprint density at radius 2 is 2.00 bits per heavy atom. The largest absolute Gasteiger partial charge is 0.465 e. The highest BCUT2D eigenvalue weighted by molar-refractivity contribution is 5.89. The molecule has 2 aliphatic rings. The summed E-state index contributed by atoms with van der Waals surface area (Å²) >= 11 is 0. The Morgan fingerprint density at radius 1 is 1.30 bits per heavy atom. The number of benzene rings is 1. The van der Waals surface area contributed by atoms with Crippen LogP contribution in [0.5, 0.6) is 0 Å². The van der Waals surface area contributed by atoms with Crippen LogP contribution in [0.25, 0.3) is 0 Å². The summed E-state index contributed by atoms with van der Waals surface area (Å²) in [5.41, 5.74) is 0.0502. The summed E-state index contributed by atoms with van der Waals surface area (Å²) < 4.78 is 11.0. The number of carbonyl (C=O) groups excluding carboxylic acids is 1. The third-order valence-electron chi connectivity index (χ3n) is 3.69. The highest BCUT2D eigenvalue weighted by atomic mass is 16.6. The number of likely N-dealkylation sites (tertiary alicyclic amines) is 1. The first kappa shape index (κ1) is 12.9. The van der Waals surface area contributed by atoms with Crippen molar-refractivity contribution in [3.05, 3.63) is 35.9 Å². The van der Waals surface area contributed by atoms with E-state index in [1.807, 2.05) is 6.07 Å². The summed E-state index contributed by atoms with van der Waals surface area (Å²) in [4.78, 5) is 24.0. The van der Waals surface area contributed by atoms with E-state index in [0.29, 0.717) is 31.7 Å². The number of carboxylic acid groups (broad SMARTS) is 1. The van der Waals surface area contributed by atoms with Gasteiger partial charge in [-0.2, -0.15) is 0 Å². The molecule has 0 saturated carbocycles. The molecule has 2 aliphatic heterocycles. The Labute approximate surface area is 115 Å². The molecule has 0 unspecified atom stereocenters. The number of hydrogen-bond acceptors (Lipinski definition) is 4. The Morgan fingerprint density at radius 3 is 2.65 bits per heavy atom. The minimum absolute atomic E-state index is 0.307. The van der Waals surface area contributed by atoms with Crippen LogP contribution in [0.4, 0.5) is 4.79 Å². The first-order valence-corrected chi connectivity index (χ1v) is 6.46. The van der Waals surface area contributed by atoms with E-state index < -0.39 is 11.7 Å². The molecule has 1 amide bonds. The summed E-state index contributed by atoms with van der Waals surface area (Å²) in [5, 5.41) is 8.82. The fourth-order valence-electron chi connectivity index (χ4n) is 2.68. The van der Waals surface area contributed by atoms with E-state index in [1.54, 1.807) is 24.3 Å². The van der Waals surface area contributed by atoms with Gasteiger partial charge in [-0.1, -0.05) is 18.2 Å². The molecule has 3 rings (SSSR count). The molecule has 2 saturated heterocycles. The first-order valence-electron chi connectivity index (χ1n) is 6.46. The third kappa shape index (κ3) is 2.34. The number of nitrogens with zero attached hydrogens (tertiary/aromatic N) is 1. The van der Waals surface area contributed by atoms with Gasteiger partial charge in [-0.05, 0) is 12.1 Å². The van der Waals surface area contributed by atoms with Gasteiger partial charge in [-0.25, -0.2) is 9.59 Å². The van der Waals surface area contributed by atoms with Gasteiger partial charge in [-0.15, -0.1) is 0 Å². The molecule has 0 bridgehead atoms. The van der Waals surface area contributed by atoms with E-state index >= 15 is 0 Å². The number of ether oxygens (including phenoxy) is 2. The molecule has 106 valence electrons. The van der Waals surface area contributed by atoms with Gasteiger partial charge < -0.3 is 19.5 Å². The highest BCUT2D eigenvalue weighted by Crippen LogP contribution is 2.36. The molecule has 1 atom stereocenters. The lowest BCUT2D eigenvalue weighted by Crippen LogP contribution is -2.63. The number of amides is 1. The maximum atomic E-state index is 11.9. The van der Waals surface area contributed by atoms with Crippen molar-refractivity contribution in [1.82, 2.24) is 4.90 Å². The molecule has 1 aromatic carbocycles. The van der Waals surface area contributed by atoms with Gasteiger partial charge in [-0.3, -0.25) is 0 Å². The van der Waals surface area contributed by atoms with Crippen LogP contribution >= 0.6 is 0 Å². The van der Waals surface area contributed by atoms with Gasteiger partial charge in [0, 0.05) is 6.42 Å². The van der Waals surface area contributed by atoms with Gasteiger partial charge in [0.1, 0.15) is 11.7 Å². The van der Waals surface area contributed by atoms with E-state index in [9.17, 15) is 9.59 Å². The van der Waals surface area contributed by atoms with Crippen molar-refractivity contribution in [2.75, 3.05) is 19.7 Å². The third-order valence-corrected chi connectivity index (χ3v) is 3.69. The standard InChI is InChI=1S/C14H15NO5/c16-12(10-4-2-1-3-5-10)20-11-6-14(19-7-11)8-15(9-14)13(17)18/h1-5,11H,6-9H2,(H,17,18)/t11-/m0/s1. The van der Waals surface area contributed by atoms with Crippen LogP contribution in [-0.2, 0) is 9.47 Å². The Kier molecular flexibility index (Phi) is 3.10. The molecule has 20 heavy (non-hydrogen) atoms. The molecule has 0 aromatic heterocycles. The van der Waals surface area contributed by atoms with Gasteiger partial charge >= 0.3 is 12.1 Å². The summed E-state index contributed by atoms with van der Waals surface area (Å²) in [7, 11) is 0. The summed E-state index contributed by atoms with van der Waals surface area (Å²) in [6.45, 7) is 1.02. The number of rotatable bonds is 2. The zero-order chi connectivity index (χ0) is 14.2. The maximum Gasteiger partial charge on any atom is 0.407 e. The lowest BCUT2D eigenvalue weighted by molar-refractivity contribution is -0.0983. The Balaban J connectivity index is 1.54. The lowest BCUT2D eigenvalue weighted by atomic mass is 9.90. The molecule has 6 nitrogen and oxygen atoms in total. The minimum atomic E-state index is -0.941. The fraction of sp³-hybridized carbons (Fsp3) is 0.429. The number of hydrogen-bond donors (Lipinski definition) is 1. The van der Waals surface area contributed by atoms with Crippen LogP contribution in [0.1, 0.15) is 16.8 Å². The van der Waals surface area contributed by atoms with Crippen molar-refractivity contribution in [2.24, 2.45) is 0 Å². The van der Waals surface area contributed by atoms with E-state index in [2.05, 4.69) is 0 Å². The smallest absolute Gasteiger partial charge is 0.407 e. The summed E-state index contributed by atoms with van der Waals surface area (Å²) in [6.07, 6.45) is -0.697. The maximum absolute atomic E-state index is 11.9. The topological polar surface area (TPSA) is 76.1 Å². The molecule has 2 heterocycles. The Hall–Kier alpha value is -2.08. The monoisotopic (exact) mass is 277 g/mol. The molecule has 1 spiro atoms. The zero-order valence-electron chi connectivity index (χ0n) is 10.8. The van der Waals surface area contributed by atoms with Crippen molar-refractivity contribution in [3.8, 4) is 0 Å². The van der Waals surface area contributed by atoms with Crippen LogP contribution in [0.15, 0.2) is 30.3 Å². The highest BCUT2D eigenvalue weighted by Gasteiger charge is 2.52. The van der Waals surface area contributed by atoms with Crippen molar-refractivity contribution in [2.45, 2.75) is 18.1 Å². The van der Waals surface area contributed by atoms with Crippen LogP contribution in [0.2, 0.25) is 0 Å². The van der Waals surface area contributed by atoms with Crippen LogP contribution in [-0.4, -0.2) is 53.5 Å². The van der Waals surface area contributed by atoms with Crippen LogP contribution < -0.4 is 0 Å². The molecule has 1 aromatic rings. The summed E-state index contributed by atoms with van der Waals surface area (Å²) in [5.74, 6) is -0.370. The second-order valence-electron chi connectivity index (χ2n) is 5.23. The zero-order valence-corrected chi connectivity index (χ0v) is 10.8. The quantitative estimate of drug-likeness (QED) is 0.826. The Bertz CT molecular complexity index is 524. The van der Waals surface area contributed by atoms with E-state index in [1.165, 1.54) is 4.90 Å². The number of esters is 1. The van der Waals surface area contributed by atoms with E-state index in [-0.39, 0.29) is 12.1 Å². The average Bonchev–Trinajstić information content (AvgIpc) is 2.82. The number of carbonyl (C=O) groups is 2. The van der Waals surface area contributed by atoms with Crippen LogP contribution in [0, 0.1) is 0 Å². The predicted molar refractivity (Wildman–Crippen MR) is 68.5 cm³/mol. The van der Waals surface area contributed by atoms with Crippen molar-refractivity contribution < 1.29 is 24.2 Å². The van der Waals surface area contributed by atoms with E-state index in [4.69, 9.17) is 14.6 Å². The first-order chi connectivity index (χ1) is 9.58. The van der Waals surface area contributed by atoms with Gasteiger partial charge in [0.25, 0.3) is 0 Å². The molecule has 1 N–H and O–H groups in total. The fourth-order valence-corrected chi connectivity index (χ4v) is 2.68. The SMILES string of the molecule is O=C(O[C@@H]1COC2(C1)CN(C(=O)O)C2)c1ccccc1. The van der Waals surface area contributed by atoms with Crippen molar-refractivity contribution >= 4 is 12.1 Å².